The molecule has 1 aliphatic heterocycles. The molecule has 1 saturated heterocycles. The molecule has 0 aliphatic carbocycles. The summed E-state index contributed by atoms with van der Waals surface area (Å²) in [4.78, 5) is 0. The minimum atomic E-state index is -0.556. The van der Waals surface area contributed by atoms with Gasteiger partial charge in [0, 0.05) is 0 Å². The fourth-order valence-corrected chi connectivity index (χ4v) is 0.565. The first-order valence-electron chi connectivity index (χ1n) is 1.66. The summed E-state index contributed by atoms with van der Waals surface area (Å²) in [7, 11) is 0. The Kier molecular flexibility index (Phi) is 0.981. The molecule has 1 nitrogen and oxygen atoms in total. The van der Waals surface area contributed by atoms with Gasteiger partial charge in [-0.1, -0.05) is 23.2 Å². The smallest absolute Gasteiger partial charge is 0.164 e. The summed E-state index contributed by atoms with van der Waals surface area (Å²) >= 11 is 10.9. The Morgan fingerprint density at radius 2 is 1.67 bits per heavy atom. The van der Waals surface area contributed by atoms with Crippen molar-refractivity contribution in [1.82, 2.24) is 0 Å². The first-order valence-corrected chi connectivity index (χ1v) is 2.42. The summed E-state index contributed by atoms with van der Waals surface area (Å²) in [6, 6.07) is 0. The van der Waals surface area contributed by atoms with Gasteiger partial charge in [0.1, 0.15) is 0 Å². The van der Waals surface area contributed by atoms with Crippen LogP contribution in [-0.2, 0) is 4.74 Å². The van der Waals surface area contributed by atoms with E-state index in [1.165, 1.54) is 0 Å². The third-order valence-electron chi connectivity index (χ3n) is 0.626. The Hall–Kier alpha value is 0.540. The average Bonchev–Trinajstić information content (AvgIpc) is 1.32. The molecule has 0 N–H and O–H groups in total. The molecular formula is C3H4Cl2O. The lowest BCUT2D eigenvalue weighted by molar-refractivity contribution is 0.0242. The Morgan fingerprint density at radius 1 is 1.33 bits per heavy atom. The predicted molar refractivity (Wildman–Crippen MR) is 25.3 cm³/mol. The highest BCUT2D eigenvalue weighted by atomic mass is 35.5. The van der Waals surface area contributed by atoms with E-state index in [0.29, 0.717) is 13.2 Å². The van der Waals surface area contributed by atoms with Gasteiger partial charge in [-0.15, -0.1) is 0 Å². The van der Waals surface area contributed by atoms with E-state index in [9.17, 15) is 0 Å². The van der Waals surface area contributed by atoms with E-state index in [1.54, 1.807) is 0 Å². The third-order valence-corrected chi connectivity index (χ3v) is 1.06. The molecule has 1 rings (SSSR count). The molecule has 0 bridgehead atoms. The van der Waals surface area contributed by atoms with E-state index in [-0.39, 0.29) is 0 Å². The number of halogens is 2. The maximum atomic E-state index is 5.44. The number of rotatable bonds is 0. The van der Waals surface area contributed by atoms with Crippen LogP contribution in [0.1, 0.15) is 0 Å². The van der Waals surface area contributed by atoms with E-state index in [4.69, 9.17) is 23.2 Å². The summed E-state index contributed by atoms with van der Waals surface area (Å²) in [6.45, 7) is 0.965. The maximum absolute atomic E-state index is 5.44. The van der Waals surface area contributed by atoms with E-state index >= 15 is 0 Å². The van der Waals surface area contributed by atoms with Crippen LogP contribution in [0, 0.1) is 0 Å². The van der Waals surface area contributed by atoms with Gasteiger partial charge in [0.05, 0.1) is 13.2 Å². The zero-order chi connectivity index (χ0) is 4.62. The van der Waals surface area contributed by atoms with Crippen LogP contribution in [0.5, 0.6) is 0 Å². The standard InChI is InChI=1S/C3H4Cl2O/c4-3(5)1-6-2-3/h1-2H2. The summed E-state index contributed by atoms with van der Waals surface area (Å²) in [5, 5.41) is 0. The highest BCUT2D eigenvalue weighted by Crippen LogP contribution is 2.28. The van der Waals surface area contributed by atoms with Gasteiger partial charge in [-0.25, -0.2) is 0 Å². The van der Waals surface area contributed by atoms with Gasteiger partial charge in [0.2, 0.25) is 0 Å². The highest BCUT2D eigenvalue weighted by Gasteiger charge is 2.33. The van der Waals surface area contributed by atoms with Gasteiger partial charge in [-0.3, -0.25) is 0 Å². The van der Waals surface area contributed by atoms with Crippen LogP contribution in [0.15, 0.2) is 0 Å². The van der Waals surface area contributed by atoms with Crippen molar-refractivity contribution in [3.63, 3.8) is 0 Å². The molecule has 0 amide bonds. The normalized spacial score (nSPS) is 29.0. The summed E-state index contributed by atoms with van der Waals surface area (Å²) in [5.41, 5.74) is 0. The molecule has 1 fully saturated rings. The van der Waals surface area contributed by atoms with Crippen LogP contribution >= 0.6 is 23.2 Å². The van der Waals surface area contributed by atoms with Crippen molar-refractivity contribution in [1.29, 1.82) is 0 Å². The number of alkyl halides is 2. The van der Waals surface area contributed by atoms with Crippen molar-refractivity contribution in [2.45, 2.75) is 4.33 Å². The molecule has 0 spiro atoms. The lowest BCUT2D eigenvalue weighted by atomic mass is 10.4. The van der Waals surface area contributed by atoms with Gasteiger partial charge in [-0.2, -0.15) is 0 Å². The molecule has 0 aromatic carbocycles. The second-order valence-corrected chi connectivity index (χ2v) is 2.99. The van der Waals surface area contributed by atoms with Crippen molar-refractivity contribution in [3.05, 3.63) is 0 Å². The van der Waals surface area contributed by atoms with Crippen LogP contribution in [0.4, 0.5) is 0 Å². The van der Waals surface area contributed by atoms with Gasteiger partial charge >= 0.3 is 0 Å². The lowest BCUT2D eigenvalue weighted by Crippen LogP contribution is -2.38. The van der Waals surface area contributed by atoms with E-state index in [1.807, 2.05) is 0 Å². The Morgan fingerprint density at radius 3 is 1.67 bits per heavy atom. The van der Waals surface area contributed by atoms with Gasteiger partial charge in [0.25, 0.3) is 0 Å². The zero-order valence-corrected chi connectivity index (χ0v) is 4.59. The molecule has 0 aromatic heterocycles. The van der Waals surface area contributed by atoms with Crippen molar-refractivity contribution < 1.29 is 4.74 Å². The molecule has 3 heteroatoms. The van der Waals surface area contributed by atoms with Crippen molar-refractivity contribution in [2.24, 2.45) is 0 Å². The van der Waals surface area contributed by atoms with Gasteiger partial charge in [0.15, 0.2) is 4.33 Å². The Balaban J connectivity index is 2.31. The van der Waals surface area contributed by atoms with Crippen molar-refractivity contribution in [2.75, 3.05) is 13.2 Å². The average molecular weight is 127 g/mol. The molecular weight excluding hydrogens is 123 g/mol. The van der Waals surface area contributed by atoms with E-state index < -0.39 is 4.33 Å². The minimum absolute atomic E-state index is 0.482. The lowest BCUT2D eigenvalue weighted by Gasteiger charge is -2.28. The second-order valence-electron chi connectivity index (χ2n) is 1.35. The molecule has 1 heterocycles. The molecule has 0 saturated carbocycles. The fraction of sp³-hybridized carbons (Fsp3) is 1.00. The largest absolute Gasteiger partial charge is 0.375 e. The summed E-state index contributed by atoms with van der Waals surface area (Å²) in [6.07, 6.45) is 0. The molecule has 0 aromatic rings. The molecule has 1 aliphatic rings. The SMILES string of the molecule is ClC1(Cl)COC1. The topological polar surface area (TPSA) is 9.23 Å². The third kappa shape index (κ3) is 0.780. The molecule has 0 radical (unpaired) electrons. The van der Waals surface area contributed by atoms with Crippen LogP contribution in [0.25, 0.3) is 0 Å². The highest BCUT2D eigenvalue weighted by molar-refractivity contribution is 6.49. The zero-order valence-electron chi connectivity index (χ0n) is 3.08. The van der Waals surface area contributed by atoms with Crippen molar-refractivity contribution >= 4 is 23.2 Å². The fourth-order valence-electron chi connectivity index (χ4n) is 0.256. The molecule has 0 atom stereocenters. The van der Waals surface area contributed by atoms with E-state index in [2.05, 4.69) is 4.74 Å². The summed E-state index contributed by atoms with van der Waals surface area (Å²) in [5.74, 6) is 0. The van der Waals surface area contributed by atoms with Crippen LogP contribution < -0.4 is 0 Å². The van der Waals surface area contributed by atoms with Crippen LogP contribution in [0.3, 0.4) is 0 Å². The molecule has 0 unspecified atom stereocenters. The van der Waals surface area contributed by atoms with E-state index in [0.717, 1.165) is 0 Å². The quantitative estimate of drug-likeness (QED) is 0.444. The maximum Gasteiger partial charge on any atom is 0.164 e. The summed E-state index contributed by atoms with van der Waals surface area (Å²) < 4.78 is 4.12. The first-order chi connectivity index (χ1) is 2.71. The predicted octanol–water partition coefficient (Wildman–Crippen LogP) is 1.19. The van der Waals surface area contributed by atoms with Gasteiger partial charge < -0.3 is 4.74 Å². The second kappa shape index (κ2) is 1.25. The number of hydrogen-bond acceptors (Lipinski definition) is 1. The Bertz CT molecular complexity index is 55.8. The monoisotopic (exact) mass is 126 g/mol. The molecule has 6 heavy (non-hydrogen) atoms. The Labute approximate surface area is 46.2 Å². The van der Waals surface area contributed by atoms with Crippen LogP contribution in [0.2, 0.25) is 0 Å². The number of hydrogen-bond donors (Lipinski definition) is 0. The first kappa shape index (κ1) is 4.69. The minimum Gasteiger partial charge on any atom is -0.375 e. The van der Waals surface area contributed by atoms with Crippen LogP contribution in [-0.4, -0.2) is 17.5 Å². The van der Waals surface area contributed by atoms with Crippen molar-refractivity contribution in [3.8, 4) is 0 Å². The van der Waals surface area contributed by atoms with Gasteiger partial charge in [-0.05, 0) is 0 Å². The number of ether oxygens (including phenoxy) is 1. The molecule has 36 valence electrons.